The molecule has 0 spiro atoms. The van der Waals surface area contributed by atoms with Gasteiger partial charge in [-0.2, -0.15) is 0 Å². The van der Waals surface area contributed by atoms with Gasteiger partial charge in [0.15, 0.2) is 5.78 Å². The summed E-state index contributed by atoms with van der Waals surface area (Å²) in [5.41, 5.74) is 4.35. The summed E-state index contributed by atoms with van der Waals surface area (Å²) in [5.74, 6) is -0.606. The maximum absolute atomic E-state index is 14.1. The molecule has 1 aliphatic rings. The summed E-state index contributed by atoms with van der Waals surface area (Å²) in [6.07, 6.45) is 4.89. The van der Waals surface area contributed by atoms with E-state index < -0.39 is 6.04 Å². The number of carbonyl (C=O) groups excluding carboxylic acids is 3. The Morgan fingerprint density at radius 2 is 1.67 bits per heavy atom. The molecule has 8 nitrogen and oxygen atoms in total. The van der Waals surface area contributed by atoms with Gasteiger partial charge in [0.05, 0.1) is 5.52 Å². The monoisotopic (exact) mass is 523 g/mol. The highest BCUT2D eigenvalue weighted by Crippen LogP contribution is 2.30. The first-order chi connectivity index (χ1) is 18.9. The van der Waals surface area contributed by atoms with Gasteiger partial charge in [0, 0.05) is 17.3 Å². The van der Waals surface area contributed by atoms with Crippen LogP contribution >= 0.6 is 0 Å². The van der Waals surface area contributed by atoms with E-state index >= 15 is 0 Å². The number of hydrogen-bond donors (Lipinski definition) is 1. The fourth-order valence-corrected chi connectivity index (χ4v) is 5.24. The molecular weight excluding hydrogens is 490 g/mol. The second-order valence-electron chi connectivity index (χ2n) is 10.1. The molecule has 0 aliphatic heterocycles. The number of ketones is 1. The molecule has 1 aliphatic carbocycles. The number of hydrogen-bond acceptors (Lipinski definition) is 5. The highest BCUT2D eigenvalue weighted by atomic mass is 16.2. The topological polar surface area (TPSA) is 97.2 Å². The van der Waals surface area contributed by atoms with E-state index in [0.29, 0.717) is 16.8 Å². The highest BCUT2D eigenvalue weighted by Gasteiger charge is 2.34. The maximum atomic E-state index is 14.1. The molecule has 5 rings (SSSR count). The largest absolute Gasteiger partial charge is 0.351 e. The van der Waals surface area contributed by atoms with Crippen LogP contribution in [0, 0.1) is 0 Å². The Labute approximate surface area is 228 Å². The third-order valence-corrected chi connectivity index (χ3v) is 7.44. The Bertz CT molecular complexity index is 1470. The SMILES string of the molecule is CCc1ccc([C@H](C(=O)NC2CCCC2)N(C(=O)Cn2nnc3ccccc32)c2ccc(C(C)=O)cc2)cc1. The zero-order valence-electron chi connectivity index (χ0n) is 22.3. The van der Waals surface area contributed by atoms with Crippen molar-refractivity contribution in [2.75, 3.05) is 4.90 Å². The minimum atomic E-state index is -0.901. The van der Waals surface area contributed by atoms with Gasteiger partial charge in [-0.1, -0.05) is 61.4 Å². The number of Topliss-reactive ketones (excluding diaryl/α,β-unsaturated/α-hetero) is 1. The molecule has 1 fully saturated rings. The molecule has 1 heterocycles. The lowest BCUT2D eigenvalue weighted by Gasteiger charge is -2.32. The van der Waals surface area contributed by atoms with E-state index in [1.807, 2.05) is 48.5 Å². The summed E-state index contributed by atoms with van der Waals surface area (Å²) in [5, 5.41) is 11.6. The predicted octanol–water partition coefficient (Wildman–Crippen LogP) is 5.03. The van der Waals surface area contributed by atoms with Crippen LogP contribution in [0.25, 0.3) is 11.0 Å². The predicted molar refractivity (Wildman–Crippen MR) is 150 cm³/mol. The highest BCUT2D eigenvalue weighted by molar-refractivity contribution is 6.02. The van der Waals surface area contributed by atoms with Crippen LogP contribution in [0.2, 0.25) is 0 Å². The van der Waals surface area contributed by atoms with Crippen molar-refractivity contribution in [1.29, 1.82) is 0 Å². The second-order valence-corrected chi connectivity index (χ2v) is 10.1. The molecule has 4 aromatic rings. The van der Waals surface area contributed by atoms with Crippen LogP contribution in [0.4, 0.5) is 5.69 Å². The van der Waals surface area contributed by atoms with Gasteiger partial charge >= 0.3 is 0 Å². The van der Waals surface area contributed by atoms with Crippen molar-refractivity contribution < 1.29 is 14.4 Å². The summed E-state index contributed by atoms with van der Waals surface area (Å²) in [6, 6.07) is 21.3. The average molecular weight is 524 g/mol. The Morgan fingerprint density at radius 3 is 2.33 bits per heavy atom. The van der Waals surface area contributed by atoms with Crippen molar-refractivity contribution in [2.45, 2.75) is 64.6 Å². The number of benzene rings is 3. The van der Waals surface area contributed by atoms with E-state index in [-0.39, 0.29) is 30.2 Å². The van der Waals surface area contributed by atoms with Crippen LogP contribution in [0.3, 0.4) is 0 Å². The van der Waals surface area contributed by atoms with Crippen LogP contribution in [0.5, 0.6) is 0 Å². The first-order valence-corrected chi connectivity index (χ1v) is 13.5. The standard InChI is InChI=1S/C31H33N5O3/c1-3-22-12-14-24(15-13-22)30(31(39)32-25-8-4-5-9-25)36(26-18-16-23(17-19-26)21(2)37)29(38)20-35-28-11-7-6-10-27(28)33-34-35/h6-7,10-19,25,30H,3-5,8-9,20H2,1-2H3,(H,32,39)/t30-/m1/s1. The van der Waals surface area contributed by atoms with Gasteiger partial charge in [0.1, 0.15) is 18.1 Å². The quantitative estimate of drug-likeness (QED) is 0.311. The van der Waals surface area contributed by atoms with Gasteiger partial charge in [-0.05, 0) is 73.7 Å². The number of fused-ring (bicyclic) bond motifs is 1. The minimum absolute atomic E-state index is 0.0702. The Kier molecular flexibility index (Phi) is 7.81. The van der Waals surface area contributed by atoms with Crippen LogP contribution < -0.4 is 10.2 Å². The zero-order chi connectivity index (χ0) is 27.4. The number of nitrogens with one attached hydrogen (secondary N) is 1. The second kappa shape index (κ2) is 11.6. The number of para-hydroxylation sites is 1. The fourth-order valence-electron chi connectivity index (χ4n) is 5.24. The lowest BCUT2D eigenvalue weighted by atomic mass is 9.99. The summed E-state index contributed by atoms with van der Waals surface area (Å²) in [6.45, 7) is 3.48. The molecule has 1 saturated carbocycles. The smallest absolute Gasteiger partial charge is 0.249 e. The third kappa shape index (κ3) is 5.74. The molecule has 1 N–H and O–H groups in total. The normalized spacial score (nSPS) is 14.3. The Balaban J connectivity index is 1.58. The fraction of sp³-hybridized carbons (Fsp3) is 0.323. The van der Waals surface area contributed by atoms with E-state index in [2.05, 4.69) is 22.6 Å². The molecule has 200 valence electrons. The molecule has 39 heavy (non-hydrogen) atoms. The summed E-state index contributed by atoms with van der Waals surface area (Å²) >= 11 is 0. The summed E-state index contributed by atoms with van der Waals surface area (Å²) < 4.78 is 1.56. The van der Waals surface area contributed by atoms with Crippen LogP contribution in [-0.2, 0) is 22.6 Å². The molecule has 1 atom stereocenters. The van der Waals surface area contributed by atoms with Gasteiger partial charge in [-0.25, -0.2) is 4.68 Å². The van der Waals surface area contributed by atoms with E-state index in [1.165, 1.54) is 11.8 Å². The van der Waals surface area contributed by atoms with E-state index in [9.17, 15) is 14.4 Å². The van der Waals surface area contributed by atoms with Crippen LogP contribution in [0.1, 0.15) is 67.1 Å². The summed E-state index contributed by atoms with van der Waals surface area (Å²) in [4.78, 5) is 41.6. The third-order valence-electron chi connectivity index (χ3n) is 7.44. The Hall–Kier alpha value is -4.33. The van der Waals surface area contributed by atoms with Gasteiger partial charge in [-0.15, -0.1) is 5.10 Å². The summed E-state index contributed by atoms with van der Waals surface area (Å²) in [7, 11) is 0. The molecule has 2 amide bonds. The number of aromatic nitrogens is 3. The van der Waals surface area contributed by atoms with Crippen molar-refractivity contribution in [3.05, 3.63) is 89.5 Å². The minimum Gasteiger partial charge on any atom is -0.351 e. The van der Waals surface area contributed by atoms with Gasteiger partial charge in [-0.3, -0.25) is 19.3 Å². The number of rotatable bonds is 9. The molecule has 1 aromatic heterocycles. The zero-order valence-corrected chi connectivity index (χ0v) is 22.3. The molecule has 0 bridgehead atoms. The number of nitrogens with zero attached hydrogens (tertiary/aromatic N) is 4. The lowest BCUT2D eigenvalue weighted by molar-refractivity contribution is -0.127. The average Bonchev–Trinajstić information content (AvgIpc) is 3.62. The molecule has 0 radical (unpaired) electrons. The van der Waals surface area contributed by atoms with Crippen molar-refractivity contribution in [3.8, 4) is 0 Å². The van der Waals surface area contributed by atoms with Crippen molar-refractivity contribution >= 4 is 34.3 Å². The molecule has 0 unspecified atom stereocenters. The Morgan fingerprint density at radius 1 is 0.974 bits per heavy atom. The molecular formula is C31H33N5O3. The lowest BCUT2D eigenvalue weighted by Crippen LogP contribution is -2.47. The van der Waals surface area contributed by atoms with Crippen molar-refractivity contribution in [3.63, 3.8) is 0 Å². The van der Waals surface area contributed by atoms with E-state index in [1.54, 1.807) is 28.9 Å². The molecule has 0 saturated heterocycles. The van der Waals surface area contributed by atoms with Gasteiger partial charge < -0.3 is 5.32 Å². The number of aryl methyl sites for hydroxylation is 1. The van der Waals surface area contributed by atoms with Crippen LogP contribution in [0.15, 0.2) is 72.8 Å². The molecule has 3 aromatic carbocycles. The molecule has 8 heteroatoms. The first kappa shape index (κ1) is 26.3. The van der Waals surface area contributed by atoms with Crippen molar-refractivity contribution in [2.24, 2.45) is 0 Å². The maximum Gasteiger partial charge on any atom is 0.249 e. The van der Waals surface area contributed by atoms with E-state index in [0.717, 1.165) is 48.7 Å². The first-order valence-electron chi connectivity index (χ1n) is 13.5. The number of amides is 2. The number of carbonyl (C=O) groups is 3. The van der Waals surface area contributed by atoms with Crippen LogP contribution in [-0.4, -0.2) is 38.6 Å². The number of anilines is 1. The van der Waals surface area contributed by atoms with Gasteiger partial charge in [0.2, 0.25) is 11.8 Å². The van der Waals surface area contributed by atoms with Gasteiger partial charge in [0.25, 0.3) is 0 Å². The van der Waals surface area contributed by atoms with E-state index in [4.69, 9.17) is 0 Å². The van der Waals surface area contributed by atoms with Crippen molar-refractivity contribution in [1.82, 2.24) is 20.3 Å².